The molecule has 0 spiro atoms. The standard InChI is InChI=1S/C20H17ClN2O4/c1-12(19(24)23-17-11-14(21)8-10-18(17)26-2)27-20(25)16-9-7-13-5-3-4-6-15(13)22-16/h3-12H,1-2H3,(H,23,24)/t12-/m0/s1. The Kier molecular flexibility index (Phi) is 5.57. The van der Waals surface area contributed by atoms with Crippen molar-refractivity contribution in [2.75, 3.05) is 12.4 Å². The molecule has 6 nitrogen and oxygen atoms in total. The van der Waals surface area contributed by atoms with Gasteiger partial charge in [0.1, 0.15) is 11.4 Å². The molecule has 0 saturated carbocycles. The van der Waals surface area contributed by atoms with Gasteiger partial charge in [-0.05, 0) is 37.3 Å². The van der Waals surface area contributed by atoms with Crippen molar-refractivity contribution in [1.82, 2.24) is 4.98 Å². The lowest BCUT2D eigenvalue weighted by molar-refractivity contribution is -0.123. The molecule has 0 unspecified atom stereocenters. The Balaban J connectivity index is 1.70. The number of amides is 1. The number of carbonyl (C=O) groups excluding carboxylic acids is 2. The number of ether oxygens (including phenoxy) is 2. The molecule has 3 rings (SSSR count). The van der Waals surface area contributed by atoms with Gasteiger partial charge in [-0.2, -0.15) is 0 Å². The van der Waals surface area contributed by atoms with E-state index in [1.165, 1.54) is 14.0 Å². The van der Waals surface area contributed by atoms with Crippen LogP contribution in [0.2, 0.25) is 5.02 Å². The van der Waals surface area contributed by atoms with E-state index in [1.807, 2.05) is 18.2 Å². The van der Waals surface area contributed by atoms with Gasteiger partial charge in [0.25, 0.3) is 5.91 Å². The van der Waals surface area contributed by atoms with E-state index < -0.39 is 18.0 Å². The van der Waals surface area contributed by atoms with Crippen LogP contribution in [0.1, 0.15) is 17.4 Å². The third kappa shape index (κ3) is 4.35. The van der Waals surface area contributed by atoms with Gasteiger partial charge in [0, 0.05) is 10.4 Å². The first-order valence-corrected chi connectivity index (χ1v) is 8.57. The van der Waals surface area contributed by atoms with Crippen molar-refractivity contribution in [1.29, 1.82) is 0 Å². The summed E-state index contributed by atoms with van der Waals surface area (Å²) in [7, 11) is 1.48. The number of rotatable bonds is 5. The summed E-state index contributed by atoms with van der Waals surface area (Å²) in [5.74, 6) is -0.742. The number of hydrogen-bond donors (Lipinski definition) is 1. The zero-order chi connectivity index (χ0) is 19.4. The van der Waals surface area contributed by atoms with E-state index in [0.29, 0.717) is 22.0 Å². The lowest BCUT2D eigenvalue weighted by atomic mass is 10.2. The van der Waals surface area contributed by atoms with Gasteiger partial charge < -0.3 is 14.8 Å². The number of carbonyl (C=O) groups is 2. The van der Waals surface area contributed by atoms with Gasteiger partial charge in [-0.3, -0.25) is 4.79 Å². The molecule has 0 bridgehead atoms. The molecule has 1 aromatic heterocycles. The summed E-state index contributed by atoms with van der Waals surface area (Å²) in [6.45, 7) is 1.48. The highest BCUT2D eigenvalue weighted by molar-refractivity contribution is 6.31. The van der Waals surface area contributed by atoms with E-state index in [0.717, 1.165) is 5.39 Å². The molecule has 1 amide bonds. The molecule has 0 saturated heterocycles. The number of fused-ring (bicyclic) bond motifs is 1. The summed E-state index contributed by atoms with van der Waals surface area (Å²) in [4.78, 5) is 29.0. The van der Waals surface area contributed by atoms with Crippen LogP contribution in [-0.2, 0) is 9.53 Å². The summed E-state index contributed by atoms with van der Waals surface area (Å²) in [6, 6.07) is 15.6. The van der Waals surface area contributed by atoms with Gasteiger partial charge >= 0.3 is 5.97 Å². The van der Waals surface area contributed by atoms with E-state index in [2.05, 4.69) is 10.3 Å². The van der Waals surface area contributed by atoms with Crippen molar-refractivity contribution in [3.63, 3.8) is 0 Å². The molecule has 1 heterocycles. The summed E-state index contributed by atoms with van der Waals surface area (Å²) >= 11 is 5.95. The van der Waals surface area contributed by atoms with Crippen molar-refractivity contribution in [3.8, 4) is 5.75 Å². The molecule has 0 radical (unpaired) electrons. The minimum atomic E-state index is -1.03. The van der Waals surface area contributed by atoms with Crippen LogP contribution in [0.5, 0.6) is 5.75 Å². The van der Waals surface area contributed by atoms with Crippen LogP contribution in [0.4, 0.5) is 5.69 Å². The monoisotopic (exact) mass is 384 g/mol. The van der Waals surface area contributed by atoms with Crippen LogP contribution in [0.3, 0.4) is 0 Å². The van der Waals surface area contributed by atoms with Gasteiger partial charge in [-0.1, -0.05) is 35.9 Å². The van der Waals surface area contributed by atoms with Crippen molar-refractivity contribution in [3.05, 3.63) is 65.3 Å². The van der Waals surface area contributed by atoms with Gasteiger partial charge in [0.2, 0.25) is 0 Å². The fourth-order valence-electron chi connectivity index (χ4n) is 2.47. The Morgan fingerprint density at radius 3 is 2.67 bits per heavy atom. The van der Waals surface area contributed by atoms with E-state index in [1.54, 1.807) is 36.4 Å². The lowest BCUT2D eigenvalue weighted by Gasteiger charge is -2.15. The zero-order valence-corrected chi connectivity index (χ0v) is 15.5. The van der Waals surface area contributed by atoms with Crippen LogP contribution < -0.4 is 10.1 Å². The number of methoxy groups -OCH3 is 1. The van der Waals surface area contributed by atoms with Crippen molar-refractivity contribution >= 4 is 40.1 Å². The third-order valence-electron chi connectivity index (χ3n) is 3.88. The number of nitrogens with one attached hydrogen (secondary N) is 1. The number of esters is 1. The van der Waals surface area contributed by atoms with Gasteiger partial charge in [-0.25, -0.2) is 9.78 Å². The van der Waals surface area contributed by atoms with Crippen molar-refractivity contribution in [2.24, 2.45) is 0 Å². The Morgan fingerprint density at radius 1 is 1.11 bits per heavy atom. The summed E-state index contributed by atoms with van der Waals surface area (Å²) in [5, 5.41) is 3.99. The molecule has 0 aliphatic rings. The number of pyridine rings is 1. The van der Waals surface area contributed by atoms with Crippen LogP contribution in [0.25, 0.3) is 10.9 Å². The molecule has 7 heteroatoms. The molecule has 138 valence electrons. The largest absolute Gasteiger partial charge is 0.495 e. The van der Waals surface area contributed by atoms with Crippen molar-refractivity contribution < 1.29 is 19.1 Å². The molecule has 1 N–H and O–H groups in total. The lowest BCUT2D eigenvalue weighted by Crippen LogP contribution is -2.30. The highest BCUT2D eigenvalue weighted by Crippen LogP contribution is 2.27. The summed E-state index contributed by atoms with van der Waals surface area (Å²) < 4.78 is 10.4. The number of benzene rings is 2. The Labute approximate surface area is 161 Å². The van der Waals surface area contributed by atoms with Gasteiger partial charge in [-0.15, -0.1) is 0 Å². The zero-order valence-electron chi connectivity index (χ0n) is 14.7. The minimum absolute atomic E-state index is 0.133. The number of anilines is 1. The fourth-order valence-corrected chi connectivity index (χ4v) is 2.64. The highest BCUT2D eigenvalue weighted by atomic mass is 35.5. The second kappa shape index (κ2) is 8.05. The molecule has 0 aliphatic heterocycles. The van der Waals surface area contributed by atoms with Crippen molar-refractivity contribution in [2.45, 2.75) is 13.0 Å². The number of halogens is 1. The quantitative estimate of drug-likeness (QED) is 0.670. The van der Waals surface area contributed by atoms with Crippen LogP contribution in [-0.4, -0.2) is 30.1 Å². The molecule has 0 fully saturated rings. The second-order valence-corrected chi connectivity index (χ2v) is 6.21. The van der Waals surface area contributed by atoms with E-state index >= 15 is 0 Å². The van der Waals surface area contributed by atoms with E-state index in [9.17, 15) is 9.59 Å². The molecule has 1 atom stereocenters. The predicted octanol–water partition coefficient (Wildman–Crippen LogP) is 4.08. The molecule has 27 heavy (non-hydrogen) atoms. The first kappa shape index (κ1) is 18.7. The minimum Gasteiger partial charge on any atom is -0.495 e. The summed E-state index contributed by atoms with van der Waals surface area (Å²) in [6.07, 6.45) is -1.03. The average Bonchev–Trinajstić information content (AvgIpc) is 2.67. The third-order valence-corrected chi connectivity index (χ3v) is 4.12. The first-order valence-electron chi connectivity index (χ1n) is 8.19. The smallest absolute Gasteiger partial charge is 0.357 e. The van der Waals surface area contributed by atoms with Gasteiger partial charge in [0.05, 0.1) is 18.3 Å². The van der Waals surface area contributed by atoms with Crippen LogP contribution >= 0.6 is 11.6 Å². The maximum atomic E-state index is 12.4. The number of aromatic nitrogens is 1. The SMILES string of the molecule is COc1ccc(Cl)cc1NC(=O)[C@H](C)OC(=O)c1ccc2ccccc2n1. The molecule has 3 aromatic rings. The Morgan fingerprint density at radius 2 is 1.89 bits per heavy atom. The average molecular weight is 385 g/mol. The number of para-hydroxylation sites is 1. The maximum Gasteiger partial charge on any atom is 0.357 e. The highest BCUT2D eigenvalue weighted by Gasteiger charge is 2.21. The molecular formula is C20H17ClN2O4. The summed E-state index contributed by atoms with van der Waals surface area (Å²) in [5.41, 5.74) is 1.20. The number of nitrogens with zero attached hydrogens (tertiary/aromatic N) is 1. The predicted molar refractivity (Wildman–Crippen MR) is 103 cm³/mol. The molecule has 2 aromatic carbocycles. The van der Waals surface area contributed by atoms with E-state index in [-0.39, 0.29) is 5.69 Å². The van der Waals surface area contributed by atoms with Crippen LogP contribution in [0.15, 0.2) is 54.6 Å². The Hall–Kier alpha value is -3.12. The van der Waals surface area contributed by atoms with E-state index in [4.69, 9.17) is 21.1 Å². The normalized spacial score (nSPS) is 11.7. The molecule has 0 aliphatic carbocycles. The Bertz CT molecular complexity index is 1010. The van der Waals surface area contributed by atoms with Crippen LogP contribution in [0, 0.1) is 0 Å². The second-order valence-electron chi connectivity index (χ2n) is 5.77. The molecular weight excluding hydrogens is 368 g/mol. The van der Waals surface area contributed by atoms with Gasteiger partial charge in [0.15, 0.2) is 6.10 Å². The topological polar surface area (TPSA) is 77.5 Å². The maximum absolute atomic E-state index is 12.4. The fraction of sp³-hybridized carbons (Fsp3) is 0.150. The first-order chi connectivity index (χ1) is 13.0. The number of hydrogen-bond acceptors (Lipinski definition) is 5.